The van der Waals surface area contributed by atoms with E-state index in [1.54, 1.807) is 0 Å². The molecule has 6 heteroatoms. The molecule has 2 N–H and O–H groups in total. The predicted molar refractivity (Wildman–Crippen MR) is 92.1 cm³/mol. The Labute approximate surface area is 143 Å². The summed E-state index contributed by atoms with van der Waals surface area (Å²) in [5.74, 6) is 0.119. The summed E-state index contributed by atoms with van der Waals surface area (Å²) in [5, 5.41) is 6.07. The van der Waals surface area contributed by atoms with E-state index in [1.807, 2.05) is 18.4 Å². The Kier molecular flexibility index (Phi) is 5.21. The molecule has 0 saturated heterocycles. The molecule has 1 unspecified atom stereocenters. The fourth-order valence-electron chi connectivity index (χ4n) is 3.61. The number of hydrogen-bond acceptors (Lipinski definition) is 3. The second-order valence-corrected chi connectivity index (χ2v) is 7.08. The van der Waals surface area contributed by atoms with Gasteiger partial charge in [-0.2, -0.15) is 0 Å². The van der Waals surface area contributed by atoms with E-state index in [9.17, 15) is 9.59 Å². The fourth-order valence-corrected chi connectivity index (χ4v) is 3.61. The number of carbonyl (C=O) groups excluding carboxylic acids is 2. The van der Waals surface area contributed by atoms with Gasteiger partial charge in [0.25, 0.3) is 11.8 Å². The van der Waals surface area contributed by atoms with Crippen molar-refractivity contribution in [3.63, 3.8) is 0 Å². The number of imidazole rings is 1. The summed E-state index contributed by atoms with van der Waals surface area (Å²) < 4.78 is 1.96. The average Bonchev–Trinajstić information content (AvgIpc) is 3.21. The van der Waals surface area contributed by atoms with E-state index in [2.05, 4.69) is 15.6 Å². The van der Waals surface area contributed by atoms with Crippen LogP contribution in [0.15, 0.2) is 0 Å². The van der Waals surface area contributed by atoms with Crippen LogP contribution in [0.3, 0.4) is 0 Å². The Morgan fingerprint density at radius 1 is 1.21 bits per heavy atom. The standard InChI is InChI=1S/C18H28N4O2/c1-3-12(2)19-17(23)15-14-10-6-7-11-22(14)16(21-15)18(24)20-13-8-4-5-9-13/h12-13H,3-11H2,1-2H3,(H,19,23)(H,20,24). The zero-order valence-corrected chi connectivity index (χ0v) is 14.7. The maximum atomic E-state index is 12.7. The lowest BCUT2D eigenvalue weighted by molar-refractivity contribution is 0.0921. The Morgan fingerprint density at radius 2 is 1.96 bits per heavy atom. The molecule has 0 spiro atoms. The third-order valence-corrected chi connectivity index (χ3v) is 5.22. The highest BCUT2D eigenvalue weighted by Crippen LogP contribution is 2.23. The van der Waals surface area contributed by atoms with Gasteiger partial charge in [0.15, 0.2) is 5.82 Å². The van der Waals surface area contributed by atoms with E-state index >= 15 is 0 Å². The molecule has 2 aliphatic rings. The average molecular weight is 332 g/mol. The minimum absolute atomic E-state index is 0.106. The second kappa shape index (κ2) is 7.36. The number of aromatic nitrogens is 2. The van der Waals surface area contributed by atoms with Gasteiger partial charge < -0.3 is 15.2 Å². The third-order valence-electron chi connectivity index (χ3n) is 5.22. The van der Waals surface area contributed by atoms with Crippen LogP contribution in [0.5, 0.6) is 0 Å². The van der Waals surface area contributed by atoms with Crippen LogP contribution in [0.25, 0.3) is 0 Å². The SMILES string of the molecule is CCC(C)NC(=O)c1nc(C(=O)NC2CCCC2)n2c1CCCC2. The first-order valence-electron chi connectivity index (χ1n) is 9.31. The van der Waals surface area contributed by atoms with Gasteiger partial charge in [0.2, 0.25) is 0 Å². The Bertz CT molecular complexity index is 617. The van der Waals surface area contributed by atoms with E-state index < -0.39 is 0 Å². The highest BCUT2D eigenvalue weighted by Gasteiger charge is 2.29. The van der Waals surface area contributed by atoms with Crippen molar-refractivity contribution in [1.29, 1.82) is 0 Å². The number of fused-ring (bicyclic) bond motifs is 1. The molecular weight excluding hydrogens is 304 g/mol. The van der Waals surface area contributed by atoms with Gasteiger partial charge >= 0.3 is 0 Å². The molecule has 2 amide bonds. The van der Waals surface area contributed by atoms with Crippen molar-refractivity contribution in [3.05, 3.63) is 17.2 Å². The van der Waals surface area contributed by atoms with Gasteiger partial charge in [0.05, 0.1) is 5.69 Å². The summed E-state index contributed by atoms with van der Waals surface area (Å²) in [6, 6.07) is 0.362. The minimum atomic E-state index is -0.157. The maximum absolute atomic E-state index is 12.7. The van der Waals surface area contributed by atoms with Crippen LogP contribution >= 0.6 is 0 Å². The van der Waals surface area contributed by atoms with Crippen molar-refractivity contribution in [3.8, 4) is 0 Å². The van der Waals surface area contributed by atoms with E-state index in [1.165, 1.54) is 12.8 Å². The molecule has 1 aromatic rings. The summed E-state index contributed by atoms with van der Waals surface area (Å²) in [7, 11) is 0. The lowest BCUT2D eigenvalue weighted by Crippen LogP contribution is -2.35. The normalized spacial score (nSPS) is 18.9. The quantitative estimate of drug-likeness (QED) is 0.869. The van der Waals surface area contributed by atoms with Crippen molar-refractivity contribution in [2.45, 2.75) is 83.8 Å². The van der Waals surface area contributed by atoms with Crippen LogP contribution in [-0.2, 0) is 13.0 Å². The van der Waals surface area contributed by atoms with Gasteiger partial charge in [-0.25, -0.2) is 4.98 Å². The number of hydrogen-bond donors (Lipinski definition) is 2. The van der Waals surface area contributed by atoms with Crippen LogP contribution in [0, 0.1) is 0 Å². The lowest BCUT2D eigenvalue weighted by atomic mass is 10.1. The summed E-state index contributed by atoms with van der Waals surface area (Å²) in [6.45, 7) is 4.79. The molecule has 1 aliphatic heterocycles. The Hall–Kier alpha value is -1.85. The van der Waals surface area contributed by atoms with Gasteiger partial charge in [-0.3, -0.25) is 9.59 Å². The molecule has 2 heterocycles. The summed E-state index contributed by atoms with van der Waals surface area (Å²) >= 11 is 0. The van der Waals surface area contributed by atoms with Crippen LogP contribution in [-0.4, -0.2) is 33.4 Å². The van der Waals surface area contributed by atoms with Crippen LogP contribution in [0.1, 0.15) is 85.6 Å². The molecule has 1 atom stereocenters. The number of nitrogens with zero attached hydrogens (tertiary/aromatic N) is 2. The minimum Gasteiger partial charge on any atom is -0.348 e. The van der Waals surface area contributed by atoms with Gasteiger partial charge in [-0.05, 0) is 45.4 Å². The summed E-state index contributed by atoms with van der Waals surface area (Å²) in [6.07, 6.45) is 8.18. The molecule has 1 aromatic heterocycles. The van der Waals surface area contributed by atoms with E-state index in [-0.39, 0.29) is 23.9 Å². The van der Waals surface area contributed by atoms with Crippen molar-refractivity contribution >= 4 is 11.8 Å². The molecule has 3 rings (SSSR count). The van der Waals surface area contributed by atoms with Crippen molar-refractivity contribution < 1.29 is 9.59 Å². The zero-order chi connectivity index (χ0) is 17.1. The van der Waals surface area contributed by atoms with Gasteiger partial charge in [-0.1, -0.05) is 19.8 Å². The van der Waals surface area contributed by atoms with E-state index in [0.29, 0.717) is 11.5 Å². The topological polar surface area (TPSA) is 76.0 Å². The van der Waals surface area contributed by atoms with Gasteiger partial charge in [-0.15, -0.1) is 0 Å². The van der Waals surface area contributed by atoms with Gasteiger partial charge in [0, 0.05) is 18.6 Å². The highest BCUT2D eigenvalue weighted by atomic mass is 16.2. The van der Waals surface area contributed by atoms with E-state index in [4.69, 9.17) is 0 Å². The summed E-state index contributed by atoms with van der Waals surface area (Å²) in [5.41, 5.74) is 1.35. The number of nitrogens with one attached hydrogen (secondary N) is 2. The molecule has 24 heavy (non-hydrogen) atoms. The molecule has 0 radical (unpaired) electrons. The summed E-state index contributed by atoms with van der Waals surface area (Å²) in [4.78, 5) is 29.7. The first kappa shape index (κ1) is 17.0. The van der Waals surface area contributed by atoms with Crippen LogP contribution in [0.4, 0.5) is 0 Å². The molecule has 1 fully saturated rings. The Balaban J connectivity index is 1.83. The van der Waals surface area contributed by atoms with Crippen LogP contribution in [0.2, 0.25) is 0 Å². The molecule has 1 aliphatic carbocycles. The lowest BCUT2D eigenvalue weighted by Gasteiger charge is -2.18. The van der Waals surface area contributed by atoms with Crippen molar-refractivity contribution in [2.24, 2.45) is 0 Å². The number of rotatable bonds is 5. The molecule has 132 valence electrons. The molecular formula is C18H28N4O2. The highest BCUT2D eigenvalue weighted by molar-refractivity contribution is 5.97. The molecule has 6 nitrogen and oxygen atoms in total. The molecule has 0 bridgehead atoms. The first-order chi connectivity index (χ1) is 11.6. The van der Waals surface area contributed by atoms with E-state index in [0.717, 1.165) is 50.8 Å². The smallest absolute Gasteiger partial charge is 0.287 e. The fraction of sp³-hybridized carbons (Fsp3) is 0.722. The number of carbonyl (C=O) groups is 2. The van der Waals surface area contributed by atoms with Gasteiger partial charge in [0.1, 0.15) is 5.69 Å². The monoisotopic (exact) mass is 332 g/mol. The van der Waals surface area contributed by atoms with Crippen LogP contribution < -0.4 is 10.6 Å². The predicted octanol–water partition coefficient (Wildman–Crippen LogP) is 2.42. The Morgan fingerprint density at radius 3 is 2.67 bits per heavy atom. The zero-order valence-electron chi connectivity index (χ0n) is 14.7. The van der Waals surface area contributed by atoms with Crippen molar-refractivity contribution in [2.75, 3.05) is 0 Å². The third kappa shape index (κ3) is 3.47. The van der Waals surface area contributed by atoms with Crippen molar-refractivity contribution in [1.82, 2.24) is 20.2 Å². The molecule has 1 saturated carbocycles. The second-order valence-electron chi connectivity index (χ2n) is 7.08. The number of amides is 2. The first-order valence-corrected chi connectivity index (χ1v) is 9.31. The largest absolute Gasteiger partial charge is 0.348 e. The maximum Gasteiger partial charge on any atom is 0.287 e. The molecule has 0 aromatic carbocycles.